The lowest BCUT2D eigenvalue weighted by Gasteiger charge is -2.10. The Bertz CT molecular complexity index is 512. The second-order valence-electron chi connectivity index (χ2n) is 3.21. The van der Waals surface area contributed by atoms with Gasteiger partial charge in [0.25, 0.3) is 0 Å². The molecule has 1 N–H and O–H groups in total. The van der Waals surface area contributed by atoms with E-state index < -0.39 is 6.10 Å². The Kier molecular flexibility index (Phi) is 3.93. The van der Waals surface area contributed by atoms with E-state index in [9.17, 15) is 5.11 Å². The number of benzene rings is 1. The summed E-state index contributed by atoms with van der Waals surface area (Å²) in [4.78, 5) is 0.844. The van der Waals surface area contributed by atoms with Gasteiger partial charge in [-0.2, -0.15) is 0 Å². The highest BCUT2D eigenvalue weighted by Crippen LogP contribution is 2.34. The number of hydrogen-bond donors (Lipinski definition) is 1. The van der Waals surface area contributed by atoms with Crippen LogP contribution in [0.3, 0.4) is 0 Å². The third kappa shape index (κ3) is 2.60. The number of rotatable bonds is 2. The van der Waals surface area contributed by atoms with Gasteiger partial charge < -0.3 is 5.11 Å². The van der Waals surface area contributed by atoms with Crippen molar-refractivity contribution < 1.29 is 5.11 Å². The van der Waals surface area contributed by atoms with Crippen molar-refractivity contribution in [3.8, 4) is 0 Å². The third-order valence-corrected chi connectivity index (χ3v) is 4.36. The molecule has 1 nitrogen and oxygen atoms in total. The molecule has 0 bridgehead atoms. The van der Waals surface area contributed by atoms with Crippen molar-refractivity contribution in [2.45, 2.75) is 6.10 Å². The SMILES string of the molecule is OC(c1ccc(Br)s1)c1ccc(Cl)cc1Cl. The molecule has 0 spiro atoms. The van der Waals surface area contributed by atoms with Crippen LogP contribution in [0.2, 0.25) is 10.0 Å². The van der Waals surface area contributed by atoms with Crippen LogP contribution in [0.15, 0.2) is 34.1 Å². The molecule has 0 fully saturated rings. The van der Waals surface area contributed by atoms with Crippen LogP contribution in [0.5, 0.6) is 0 Å². The molecular formula is C11H7BrCl2OS. The molecular weight excluding hydrogens is 331 g/mol. The van der Waals surface area contributed by atoms with Crippen molar-refractivity contribution in [1.29, 1.82) is 0 Å². The second-order valence-corrected chi connectivity index (χ2v) is 6.55. The van der Waals surface area contributed by atoms with Crippen LogP contribution in [-0.4, -0.2) is 5.11 Å². The maximum atomic E-state index is 10.1. The van der Waals surface area contributed by atoms with E-state index >= 15 is 0 Å². The van der Waals surface area contributed by atoms with Crippen LogP contribution in [0.4, 0.5) is 0 Å². The molecule has 1 heterocycles. The minimum absolute atomic E-state index is 0.476. The maximum Gasteiger partial charge on any atom is 0.115 e. The molecule has 2 rings (SSSR count). The average molecular weight is 338 g/mol. The minimum Gasteiger partial charge on any atom is -0.383 e. The van der Waals surface area contributed by atoms with Gasteiger partial charge in [-0.05, 0) is 40.2 Å². The summed E-state index contributed by atoms with van der Waals surface area (Å²) in [7, 11) is 0. The summed E-state index contributed by atoms with van der Waals surface area (Å²) in [6, 6.07) is 8.85. The molecule has 1 atom stereocenters. The Morgan fingerprint density at radius 1 is 1.19 bits per heavy atom. The molecule has 0 aliphatic carbocycles. The fraction of sp³-hybridized carbons (Fsp3) is 0.0909. The van der Waals surface area contributed by atoms with Crippen LogP contribution in [-0.2, 0) is 0 Å². The van der Waals surface area contributed by atoms with Gasteiger partial charge in [-0.25, -0.2) is 0 Å². The summed E-state index contributed by atoms with van der Waals surface area (Å²) >= 11 is 16.7. The Labute approximate surface area is 116 Å². The Hall–Kier alpha value is -0.0600. The van der Waals surface area contributed by atoms with Crippen LogP contribution in [0, 0.1) is 0 Å². The summed E-state index contributed by atoms with van der Waals surface area (Å²) in [5, 5.41) is 11.2. The predicted octanol–water partition coefficient (Wildman–Crippen LogP) is 4.90. The molecule has 84 valence electrons. The van der Waals surface area contributed by atoms with Crippen molar-refractivity contribution in [2.24, 2.45) is 0 Å². The Morgan fingerprint density at radius 3 is 2.50 bits per heavy atom. The minimum atomic E-state index is -0.707. The number of thiophene rings is 1. The van der Waals surface area contributed by atoms with E-state index in [4.69, 9.17) is 23.2 Å². The van der Waals surface area contributed by atoms with Crippen LogP contribution in [0.1, 0.15) is 16.5 Å². The molecule has 1 aromatic heterocycles. The van der Waals surface area contributed by atoms with Crippen LogP contribution < -0.4 is 0 Å². The van der Waals surface area contributed by atoms with Gasteiger partial charge in [0.15, 0.2) is 0 Å². The Morgan fingerprint density at radius 2 is 1.94 bits per heavy atom. The first-order chi connectivity index (χ1) is 7.58. The first-order valence-corrected chi connectivity index (χ1v) is 6.82. The van der Waals surface area contributed by atoms with Gasteiger partial charge >= 0.3 is 0 Å². The van der Waals surface area contributed by atoms with Gasteiger partial charge in [0.05, 0.1) is 3.79 Å². The molecule has 0 amide bonds. The number of halogens is 3. The molecule has 0 saturated heterocycles. The van der Waals surface area contributed by atoms with Crippen molar-refractivity contribution in [1.82, 2.24) is 0 Å². The molecule has 5 heteroatoms. The van der Waals surface area contributed by atoms with Gasteiger partial charge in [-0.3, -0.25) is 0 Å². The highest BCUT2D eigenvalue weighted by Gasteiger charge is 2.15. The van der Waals surface area contributed by atoms with Crippen molar-refractivity contribution in [3.05, 3.63) is 54.6 Å². The third-order valence-electron chi connectivity index (χ3n) is 2.12. The van der Waals surface area contributed by atoms with E-state index in [1.54, 1.807) is 18.2 Å². The molecule has 0 saturated carbocycles. The van der Waals surface area contributed by atoms with Crippen molar-refractivity contribution >= 4 is 50.5 Å². The molecule has 1 unspecified atom stereocenters. The monoisotopic (exact) mass is 336 g/mol. The highest BCUT2D eigenvalue weighted by atomic mass is 79.9. The van der Waals surface area contributed by atoms with E-state index in [0.717, 1.165) is 8.66 Å². The van der Waals surface area contributed by atoms with Gasteiger partial charge in [0.1, 0.15) is 6.10 Å². The van der Waals surface area contributed by atoms with Gasteiger partial charge in [0.2, 0.25) is 0 Å². The molecule has 2 aromatic rings. The first-order valence-electron chi connectivity index (χ1n) is 4.46. The molecule has 0 aliphatic rings. The van der Waals surface area contributed by atoms with Crippen molar-refractivity contribution in [2.75, 3.05) is 0 Å². The summed E-state index contributed by atoms with van der Waals surface area (Å²) < 4.78 is 0.978. The van der Waals surface area contributed by atoms with Gasteiger partial charge in [0, 0.05) is 20.5 Å². The summed E-state index contributed by atoms with van der Waals surface area (Å²) in [6.45, 7) is 0. The summed E-state index contributed by atoms with van der Waals surface area (Å²) in [5.41, 5.74) is 0.667. The Balaban J connectivity index is 2.37. The molecule has 0 radical (unpaired) electrons. The average Bonchev–Trinajstić information content (AvgIpc) is 2.64. The van der Waals surface area contributed by atoms with E-state index in [-0.39, 0.29) is 0 Å². The standard InChI is InChI=1S/C11H7BrCl2OS/c12-10-4-3-9(16-10)11(15)7-2-1-6(13)5-8(7)14/h1-5,11,15H. The highest BCUT2D eigenvalue weighted by molar-refractivity contribution is 9.11. The normalized spacial score (nSPS) is 12.8. The molecule has 16 heavy (non-hydrogen) atoms. The lowest BCUT2D eigenvalue weighted by molar-refractivity contribution is 0.224. The van der Waals surface area contributed by atoms with E-state index in [0.29, 0.717) is 15.6 Å². The largest absolute Gasteiger partial charge is 0.383 e. The predicted molar refractivity (Wildman–Crippen MR) is 72.5 cm³/mol. The second kappa shape index (κ2) is 5.07. The fourth-order valence-corrected chi connectivity index (χ4v) is 3.29. The molecule has 1 aromatic carbocycles. The van der Waals surface area contributed by atoms with E-state index in [1.165, 1.54) is 11.3 Å². The lowest BCUT2D eigenvalue weighted by Crippen LogP contribution is -1.97. The zero-order valence-corrected chi connectivity index (χ0v) is 11.9. The van der Waals surface area contributed by atoms with E-state index in [2.05, 4.69) is 15.9 Å². The number of aliphatic hydroxyl groups is 1. The van der Waals surface area contributed by atoms with Crippen LogP contribution in [0.25, 0.3) is 0 Å². The maximum absolute atomic E-state index is 10.1. The van der Waals surface area contributed by atoms with E-state index in [1.807, 2.05) is 12.1 Å². The lowest BCUT2D eigenvalue weighted by atomic mass is 10.1. The summed E-state index contributed by atoms with van der Waals surface area (Å²) in [6.07, 6.45) is -0.707. The fourth-order valence-electron chi connectivity index (χ4n) is 1.35. The van der Waals surface area contributed by atoms with Gasteiger partial charge in [-0.1, -0.05) is 29.3 Å². The zero-order chi connectivity index (χ0) is 11.7. The van der Waals surface area contributed by atoms with Gasteiger partial charge in [-0.15, -0.1) is 11.3 Å². The van der Waals surface area contributed by atoms with Crippen LogP contribution >= 0.6 is 50.5 Å². The number of aliphatic hydroxyl groups excluding tert-OH is 1. The molecule has 0 aliphatic heterocycles. The quantitative estimate of drug-likeness (QED) is 0.826. The first kappa shape index (κ1) is 12.4. The topological polar surface area (TPSA) is 20.2 Å². The number of hydrogen-bond acceptors (Lipinski definition) is 2. The zero-order valence-electron chi connectivity index (χ0n) is 7.95. The summed E-state index contributed by atoms with van der Waals surface area (Å²) in [5.74, 6) is 0. The smallest absolute Gasteiger partial charge is 0.115 e. The van der Waals surface area contributed by atoms with Crippen molar-refractivity contribution in [3.63, 3.8) is 0 Å².